The molecule has 0 aliphatic rings. The molecule has 1 aromatic heterocycles. The van der Waals surface area contributed by atoms with Crippen molar-refractivity contribution >= 4 is 34.0 Å². The van der Waals surface area contributed by atoms with Gasteiger partial charge in [-0.1, -0.05) is 22.9 Å². The van der Waals surface area contributed by atoms with Crippen molar-refractivity contribution in [2.75, 3.05) is 33.1 Å². The van der Waals surface area contributed by atoms with Crippen molar-refractivity contribution in [3.05, 3.63) is 10.0 Å². The summed E-state index contributed by atoms with van der Waals surface area (Å²) in [5, 5.41) is 4.06. The Kier molecular flexibility index (Phi) is 5.84. The molecular formula is C11H18ClN3O2S. The number of nitrogens with zero attached hydrogens (tertiary/aromatic N) is 2. The van der Waals surface area contributed by atoms with E-state index >= 15 is 0 Å². The lowest BCUT2D eigenvalue weighted by molar-refractivity contribution is 0.0606. The predicted molar refractivity (Wildman–Crippen MR) is 74.7 cm³/mol. The molecule has 1 heterocycles. The Balaban J connectivity index is 2.60. The van der Waals surface area contributed by atoms with Gasteiger partial charge in [0.05, 0.1) is 7.11 Å². The molecule has 0 bridgehead atoms. The van der Waals surface area contributed by atoms with Crippen LogP contribution in [-0.2, 0) is 4.74 Å². The highest BCUT2D eigenvalue weighted by atomic mass is 35.5. The third-order valence-corrected chi connectivity index (χ3v) is 3.69. The van der Waals surface area contributed by atoms with Crippen LogP contribution in [0.2, 0.25) is 5.15 Å². The average molecular weight is 292 g/mol. The third kappa shape index (κ3) is 4.44. The zero-order valence-electron chi connectivity index (χ0n) is 11.0. The van der Waals surface area contributed by atoms with Gasteiger partial charge in [-0.25, -0.2) is 9.78 Å². The summed E-state index contributed by atoms with van der Waals surface area (Å²) in [5.41, 5.74) is 0. The second-order valence-electron chi connectivity index (χ2n) is 4.27. The molecule has 0 amide bonds. The van der Waals surface area contributed by atoms with Gasteiger partial charge < -0.3 is 15.0 Å². The average Bonchev–Trinajstić information content (AvgIpc) is 2.66. The summed E-state index contributed by atoms with van der Waals surface area (Å²) in [7, 11) is 5.38. The molecule has 0 saturated carbocycles. The molecule has 0 aliphatic heterocycles. The maximum Gasteiger partial charge on any atom is 0.351 e. The van der Waals surface area contributed by atoms with Crippen LogP contribution in [0, 0.1) is 0 Å². The van der Waals surface area contributed by atoms with Crippen molar-refractivity contribution in [2.45, 2.75) is 19.4 Å². The Labute approximate surface area is 116 Å². The van der Waals surface area contributed by atoms with E-state index in [4.69, 9.17) is 11.6 Å². The Morgan fingerprint density at radius 2 is 2.28 bits per heavy atom. The fourth-order valence-corrected chi connectivity index (χ4v) is 2.53. The van der Waals surface area contributed by atoms with Crippen molar-refractivity contribution in [3.8, 4) is 0 Å². The minimum Gasteiger partial charge on any atom is -0.465 e. The SMILES string of the molecule is COC(=O)c1sc(NC(C)CCN(C)C)nc1Cl. The van der Waals surface area contributed by atoms with Crippen LogP contribution in [0.25, 0.3) is 0 Å². The maximum atomic E-state index is 11.4. The summed E-state index contributed by atoms with van der Waals surface area (Å²) < 4.78 is 4.63. The predicted octanol–water partition coefficient (Wildman–Crippen LogP) is 2.34. The van der Waals surface area contributed by atoms with Gasteiger partial charge in [-0.3, -0.25) is 0 Å². The number of carbonyl (C=O) groups excluding carboxylic acids is 1. The zero-order chi connectivity index (χ0) is 13.7. The lowest BCUT2D eigenvalue weighted by Crippen LogP contribution is -2.22. The number of hydrogen-bond donors (Lipinski definition) is 1. The van der Waals surface area contributed by atoms with E-state index in [1.807, 2.05) is 14.1 Å². The van der Waals surface area contributed by atoms with Crippen molar-refractivity contribution < 1.29 is 9.53 Å². The minimum atomic E-state index is -0.452. The number of halogens is 1. The first-order valence-corrected chi connectivity index (χ1v) is 6.79. The number of esters is 1. The number of thiazole rings is 1. The highest BCUT2D eigenvalue weighted by molar-refractivity contribution is 7.18. The molecule has 0 radical (unpaired) electrons. The van der Waals surface area contributed by atoms with Gasteiger partial charge in [0.1, 0.15) is 0 Å². The van der Waals surface area contributed by atoms with Crippen molar-refractivity contribution in [1.29, 1.82) is 0 Å². The molecule has 0 saturated heterocycles. The van der Waals surface area contributed by atoms with E-state index in [-0.39, 0.29) is 11.2 Å². The summed E-state index contributed by atoms with van der Waals surface area (Å²) in [6, 6.07) is 0.264. The van der Waals surface area contributed by atoms with Crippen LogP contribution in [0.15, 0.2) is 0 Å². The van der Waals surface area contributed by atoms with Crippen molar-refractivity contribution in [3.63, 3.8) is 0 Å². The van der Waals surface area contributed by atoms with E-state index in [9.17, 15) is 4.79 Å². The first-order valence-electron chi connectivity index (χ1n) is 5.60. The van der Waals surface area contributed by atoms with Crippen LogP contribution in [0.1, 0.15) is 23.0 Å². The normalized spacial score (nSPS) is 12.6. The Bertz CT molecular complexity index is 409. The second kappa shape index (κ2) is 6.92. The minimum absolute atomic E-state index is 0.189. The summed E-state index contributed by atoms with van der Waals surface area (Å²) in [5.74, 6) is -0.452. The van der Waals surface area contributed by atoms with E-state index in [1.54, 1.807) is 0 Å². The monoisotopic (exact) mass is 291 g/mol. The fraction of sp³-hybridized carbons (Fsp3) is 0.636. The molecule has 7 heteroatoms. The number of carbonyl (C=O) groups is 1. The molecule has 1 unspecified atom stereocenters. The first kappa shape index (κ1) is 15.2. The van der Waals surface area contributed by atoms with Gasteiger partial charge in [0.2, 0.25) is 0 Å². The van der Waals surface area contributed by atoms with Crippen molar-refractivity contribution in [1.82, 2.24) is 9.88 Å². The molecule has 102 valence electrons. The van der Waals surface area contributed by atoms with E-state index in [0.29, 0.717) is 10.0 Å². The molecule has 0 aliphatic carbocycles. The number of ether oxygens (including phenoxy) is 1. The molecule has 1 N–H and O–H groups in total. The van der Waals surface area contributed by atoms with Crippen LogP contribution in [0.4, 0.5) is 5.13 Å². The number of aromatic nitrogens is 1. The zero-order valence-corrected chi connectivity index (χ0v) is 12.6. The number of rotatable bonds is 6. The molecule has 1 atom stereocenters. The molecular weight excluding hydrogens is 274 g/mol. The smallest absolute Gasteiger partial charge is 0.351 e. The number of nitrogens with one attached hydrogen (secondary N) is 1. The van der Waals surface area contributed by atoms with Crippen LogP contribution in [-0.4, -0.2) is 49.6 Å². The largest absolute Gasteiger partial charge is 0.465 e. The lowest BCUT2D eigenvalue weighted by atomic mass is 10.2. The first-order chi connectivity index (χ1) is 8.43. The second-order valence-corrected chi connectivity index (χ2v) is 5.62. The fourth-order valence-electron chi connectivity index (χ4n) is 1.32. The van der Waals surface area contributed by atoms with Crippen LogP contribution in [0.3, 0.4) is 0 Å². The topological polar surface area (TPSA) is 54.5 Å². The van der Waals surface area contributed by atoms with Gasteiger partial charge >= 0.3 is 5.97 Å². The highest BCUT2D eigenvalue weighted by Gasteiger charge is 2.18. The standard InChI is InChI=1S/C11H18ClN3O2S/c1-7(5-6-15(2)3)13-11-14-9(12)8(18-11)10(16)17-4/h7H,5-6H2,1-4H3,(H,13,14). The van der Waals surface area contributed by atoms with Gasteiger partial charge in [0, 0.05) is 6.04 Å². The molecule has 1 rings (SSSR count). The lowest BCUT2D eigenvalue weighted by Gasteiger charge is -2.15. The Morgan fingerprint density at radius 3 is 2.83 bits per heavy atom. The summed E-state index contributed by atoms with van der Waals surface area (Å²) in [6.07, 6.45) is 0.984. The third-order valence-electron chi connectivity index (χ3n) is 2.34. The number of anilines is 1. The van der Waals surface area contributed by atoms with Gasteiger partial charge in [0.25, 0.3) is 0 Å². The van der Waals surface area contributed by atoms with E-state index in [1.165, 1.54) is 18.4 Å². The molecule has 5 nitrogen and oxygen atoms in total. The van der Waals surface area contributed by atoms with E-state index in [2.05, 4.69) is 26.9 Å². The summed E-state index contributed by atoms with van der Waals surface area (Å²) in [6.45, 7) is 3.05. The van der Waals surface area contributed by atoms with E-state index in [0.717, 1.165) is 13.0 Å². The highest BCUT2D eigenvalue weighted by Crippen LogP contribution is 2.28. The summed E-state index contributed by atoms with van der Waals surface area (Å²) in [4.78, 5) is 17.9. The quantitative estimate of drug-likeness (QED) is 0.815. The number of methoxy groups -OCH3 is 1. The van der Waals surface area contributed by atoms with Gasteiger partial charge in [0.15, 0.2) is 15.2 Å². The number of hydrogen-bond acceptors (Lipinski definition) is 6. The van der Waals surface area contributed by atoms with Crippen LogP contribution in [0.5, 0.6) is 0 Å². The van der Waals surface area contributed by atoms with Crippen LogP contribution >= 0.6 is 22.9 Å². The van der Waals surface area contributed by atoms with Gasteiger partial charge in [-0.2, -0.15) is 0 Å². The molecule has 0 spiro atoms. The molecule has 18 heavy (non-hydrogen) atoms. The van der Waals surface area contributed by atoms with Gasteiger partial charge in [-0.15, -0.1) is 0 Å². The molecule has 0 aromatic carbocycles. The Hall–Kier alpha value is -0.850. The maximum absolute atomic E-state index is 11.4. The summed E-state index contributed by atoms with van der Waals surface area (Å²) >= 11 is 7.09. The Morgan fingerprint density at radius 1 is 1.61 bits per heavy atom. The van der Waals surface area contributed by atoms with E-state index < -0.39 is 5.97 Å². The van der Waals surface area contributed by atoms with Gasteiger partial charge in [-0.05, 0) is 34.0 Å². The van der Waals surface area contributed by atoms with Crippen molar-refractivity contribution in [2.24, 2.45) is 0 Å². The molecule has 0 fully saturated rings. The van der Waals surface area contributed by atoms with Crippen LogP contribution < -0.4 is 5.32 Å². The molecule has 1 aromatic rings.